The summed E-state index contributed by atoms with van der Waals surface area (Å²) in [5.41, 5.74) is 0.0660. The summed E-state index contributed by atoms with van der Waals surface area (Å²) >= 11 is 0. The zero-order valence-corrected chi connectivity index (χ0v) is 6.00. The summed E-state index contributed by atoms with van der Waals surface area (Å²) in [6.45, 7) is 6.26. The molecule has 3 heteroatoms. The van der Waals surface area contributed by atoms with Gasteiger partial charge < -0.3 is 0 Å². The molecule has 0 N–H and O–H groups in total. The van der Waals surface area contributed by atoms with Crippen molar-refractivity contribution in [2.75, 3.05) is 0 Å². The first kappa shape index (κ1) is 12.8. The van der Waals surface area contributed by atoms with E-state index in [1.54, 1.807) is 6.20 Å². The van der Waals surface area contributed by atoms with E-state index in [-0.39, 0.29) is 20.4 Å². The van der Waals surface area contributed by atoms with Crippen LogP contribution in [0.1, 0.15) is 35.6 Å². The molecule has 0 aliphatic heterocycles. The van der Waals surface area contributed by atoms with Crippen LogP contribution in [0.25, 0.3) is 0 Å². The molecular weight excluding hydrogens is 138 g/mol. The van der Waals surface area contributed by atoms with Crippen molar-refractivity contribution < 1.29 is 0 Å². The molecule has 0 unspecified atom stereocenters. The third kappa shape index (κ3) is 3.16. The van der Waals surface area contributed by atoms with Gasteiger partial charge in [0.25, 0.3) is 0 Å². The molecule has 0 spiro atoms. The van der Waals surface area contributed by atoms with Gasteiger partial charge in [0.1, 0.15) is 0 Å². The van der Waals surface area contributed by atoms with Crippen LogP contribution in [-0.2, 0) is 5.54 Å². The lowest BCUT2D eigenvalue weighted by Crippen LogP contribution is -2.22. The highest BCUT2D eigenvalue weighted by Crippen LogP contribution is 2.09. The molecule has 66 valence electrons. The molecule has 0 bridgehead atoms. The van der Waals surface area contributed by atoms with Crippen LogP contribution >= 0.6 is 0 Å². The van der Waals surface area contributed by atoms with E-state index < -0.39 is 0 Å². The molecule has 1 aromatic heterocycles. The molecule has 11 heavy (non-hydrogen) atoms. The second kappa shape index (κ2) is 4.11. The van der Waals surface area contributed by atoms with Crippen molar-refractivity contribution >= 4 is 0 Å². The Balaban J connectivity index is 0. The molecular formula is C8H19N3. The summed E-state index contributed by atoms with van der Waals surface area (Å²) in [7, 11) is 0. The van der Waals surface area contributed by atoms with Crippen LogP contribution in [0.3, 0.4) is 0 Å². The smallest absolute Gasteiger partial charge is 0.0693 e. The Morgan fingerprint density at radius 2 is 1.73 bits per heavy atom. The fourth-order valence-electron chi connectivity index (χ4n) is 0.566. The minimum absolute atomic E-state index is 0. The van der Waals surface area contributed by atoms with E-state index in [1.165, 1.54) is 0 Å². The number of aromatic nitrogens is 3. The van der Waals surface area contributed by atoms with Crippen LogP contribution in [-0.4, -0.2) is 15.0 Å². The van der Waals surface area contributed by atoms with Gasteiger partial charge in [-0.2, -0.15) is 0 Å². The summed E-state index contributed by atoms with van der Waals surface area (Å²) in [4.78, 5) is 0. The molecule has 0 atom stereocenters. The van der Waals surface area contributed by atoms with E-state index in [0.29, 0.717) is 0 Å². The molecule has 1 heterocycles. The maximum absolute atomic E-state index is 3.85. The molecule has 0 saturated heterocycles. The lowest BCUT2D eigenvalue weighted by atomic mass is 10.1. The van der Waals surface area contributed by atoms with Crippen molar-refractivity contribution in [3.05, 3.63) is 12.4 Å². The van der Waals surface area contributed by atoms with Gasteiger partial charge >= 0.3 is 0 Å². The van der Waals surface area contributed by atoms with Crippen molar-refractivity contribution in [1.82, 2.24) is 15.0 Å². The minimum Gasteiger partial charge on any atom is -0.247 e. The fraction of sp³-hybridized carbons (Fsp3) is 0.750. The third-order valence-corrected chi connectivity index (χ3v) is 1.11. The van der Waals surface area contributed by atoms with Crippen molar-refractivity contribution in [2.24, 2.45) is 0 Å². The second-order valence-corrected chi connectivity index (χ2v) is 3.02. The first-order valence-electron chi connectivity index (χ1n) is 2.97. The van der Waals surface area contributed by atoms with E-state index >= 15 is 0 Å². The average molecular weight is 157 g/mol. The second-order valence-electron chi connectivity index (χ2n) is 3.02. The predicted octanol–water partition coefficient (Wildman–Crippen LogP) is 2.31. The Morgan fingerprint density at radius 1 is 1.18 bits per heavy atom. The van der Waals surface area contributed by atoms with E-state index in [0.717, 1.165) is 0 Å². The Kier molecular flexibility index (Phi) is 4.78. The molecule has 0 aromatic carbocycles. The molecule has 0 fully saturated rings. The highest BCUT2D eigenvalue weighted by atomic mass is 15.4. The van der Waals surface area contributed by atoms with E-state index in [2.05, 4.69) is 31.1 Å². The summed E-state index contributed by atoms with van der Waals surface area (Å²) in [6, 6.07) is 0. The molecule has 0 aliphatic rings. The maximum Gasteiger partial charge on any atom is 0.0693 e. The standard InChI is InChI=1S/C6H11N3.2CH4/c1-6(2,3)9-5-4-7-8-9;;/h4-5H,1-3H3;2*1H4. The van der Waals surface area contributed by atoms with Gasteiger partial charge in [-0.1, -0.05) is 20.1 Å². The van der Waals surface area contributed by atoms with Crippen LogP contribution in [0.15, 0.2) is 12.4 Å². The highest BCUT2D eigenvalue weighted by Gasteiger charge is 2.11. The predicted molar refractivity (Wildman–Crippen MR) is 48.5 cm³/mol. The van der Waals surface area contributed by atoms with Crippen molar-refractivity contribution in [3.63, 3.8) is 0 Å². The molecule has 0 amide bonds. The van der Waals surface area contributed by atoms with E-state index in [1.807, 2.05) is 10.9 Å². The van der Waals surface area contributed by atoms with E-state index in [9.17, 15) is 0 Å². The number of nitrogens with zero attached hydrogens (tertiary/aromatic N) is 3. The van der Waals surface area contributed by atoms with Crippen LogP contribution in [0, 0.1) is 0 Å². The molecule has 3 nitrogen and oxygen atoms in total. The fourth-order valence-corrected chi connectivity index (χ4v) is 0.566. The molecule has 1 aromatic rings. The Morgan fingerprint density at radius 3 is 1.91 bits per heavy atom. The highest BCUT2D eigenvalue weighted by molar-refractivity contribution is 4.74. The Labute approximate surface area is 69.4 Å². The number of rotatable bonds is 0. The van der Waals surface area contributed by atoms with Crippen LogP contribution in [0.5, 0.6) is 0 Å². The van der Waals surface area contributed by atoms with Gasteiger partial charge in [-0.05, 0) is 20.8 Å². The van der Waals surface area contributed by atoms with E-state index in [4.69, 9.17) is 0 Å². The summed E-state index contributed by atoms with van der Waals surface area (Å²) in [5, 5.41) is 7.56. The normalized spacial score (nSPS) is 9.73. The lowest BCUT2D eigenvalue weighted by molar-refractivity contribution is 0.347. The van der Waals surface area contributed by atoms with Crippen molar-refractivity contribution in [3.8, 4) is 0 Å². The maximum atomic E-state index is 3.85. The monoisotopic (exact) mass is 157 g/mol. The van der Waals surface area contributed by atoms with Crippen LogP contribution in [0.4, 0.5) is 0 Å². The first-order valence-corrected chi connectivity index (χ1v) is 2.97. The van der Waals surface area contributed by atoms with Crippen LogP contribution < -0.4 is 0 Å². The van der Waals surface area contributed by atoms with Gasteiger partial charge in [-0.15, -0.1) is 5.10 Å². The van der Waals surface area contributed by atoms with Gasteiger partial charge in [0, 0.05) is 6.20 Å². The summed E-state index contributed by atoms with van der Waals surface area (Å²) in [5.74, 6) is 0. The van der Waals surface area contributed by atoms with Crippen molar-refractivity contribution in [1.29, 1.82) is 0 Å². The van der Waals surface area contributed by atoms with Gasteiger partial charge in [0.05, 0.1) is 11.7 Å². The number of hydrogen-bond donors (Lipinski definition) is 0. The molecule has 0 radical (unpaired) electrons. The number of hydrogen-bond acceptors (Lipinski definition) is 2. The zero-order chi connectivity index (χ0) is 6.91. The lowest BCUT2D eigenvalue weighted by Gasteiger charge is -2.17. The molecule has 1 rings (SSSR count). The topological polar surface area (TPSA) is 30.7 Å². The average Bonchev–Trinajstić information content (AvgIpc) is 2.08. The van der Waals surface area contributed by atoms with Gasteiger partial charge in [0.15, 0.2) is 0 Å². The Bertz CT molecular complexity index is 172. The minimum atomic E-state index is 0. The van der Waals surface area contributed by atoms with Crippen molar-refractivity contribution in [2.45, 2.75) is 41.2 Å². The van der Waals surface area contributed by atoms with Gasteiger partial charge in [-0.3, -0.25) is 0 Å². The third-order valence-electron chi connectivity index (χ3n) is 1.11. The largest absolute Gasteiger partial charge is 0.247 e. The Hall–Kier alpha value is -0.860. The summed E-state index contributed by atoms with van der Waals surface area (Å²) in [6.07, 6.45) is 3.55. The molecule has 0 aliphatic carbocycles. The quantitative estimate of drug-likeness (QED) is 0.578. The SMILES string of the molecule is C.C.CC(C)(C)n1ccnn1. The van der Waals surface area contributed by atoms with Crippen LogP contribution in [0.2, 0.25) is 0 Å². The zero-order valence-electron chi connectivity index (χ0n) is 6.00. The summed E-state index contributed by atoms with van der Waals surface area (Å²) < 4.78 is 1.83. The first-order chi connectivity index (χ1) is 4.11. The molecule has 0 saturated carbocycles. The van der Waals surface area contributed by atoms with Gasteiger partial charge in [-0.25, -0.2) is 4.68 Å². The van der Waals surface area contributed by atoms with Gasteiger partial charge in [0.2, 0.25) is 0 Å².